The van der Waals surface area contributed by atoms with Crippen molar-refractivity contribution in [1.29, 1.82) is 0 Å². The van der Waals surface area contributed by atoms with Gasteiger partial charge in [0.2, 0.25) is 0 Å². The summed E-state index contributed by atoms with van der Waals surface area (Å²) in [6.07, 6.45) is 0. The first-order valence-electron chi connectivity index (χ1n) is 50.1. The molecule has 6 heterocycles. The molecule has 0 aliphatic carbocycles. The zero-order chi connectivity index (χ0) is 96.9. The Kier molecular flexibility index (Phi) is 21.0. The van der Waals surface area contributed by atoms with Gasteiger partial charge in [0.25, 0.3) is 0 Å². The van der Waals surface area contributed by atoms with Gasteiger partial charge >= 0.3 is 0 Å². The van der Waals surface area contributed by atoms with E-state index >= 15 is 0 Å². The van der Waals surface area contributed by atoms with Crippen LogP contribution in [0.4, 0.5) is 51.2 Å². The number of benzene rings is 24. The second-order valence-electron chi connectivity index (χ2n) is 37.8. The van der Waals surface area contributed by atoms with Crippen molar-refractivity contribution >= 4 is 224 Å². The molecule has 0 aliphatic heterocycles. The van der Waals surface area contributed by atoms with Crippen molar-refractivity contribution < 1.29 is 8.83 Å². The van der Waals surface area contributed by atoms with Crippen molar-refractivity contribution in [2.24, 2.45) is 0 Å². The van der Waals surface area contributed by atoms with Gasteiger partial charge in [-0.05, 0) is 290 Å². The predicted octanol–water partition coefficient (Wildman–Crippen LogP) is 39.4. The second kappa shape index (κ2) is 36.0. The third-order valence-electron chi connectivity index (χ3n) is 29.3. The van der Waals surface area contributed by atoms with Crippen LogP contribution in [0.3, 0.4) is 0 Å². The van der Waals surface area contributed by atoms with Crippen molar-refractivity contribution in [3.05, 3.63) is 546 Å². The van der Waals surface area contributed by atoms with Gasteiger partial charge in [-0.3, -0.25) is 0 Å². The molecule has 0 atom stereocenters. The van der Waals surface area contributed by atoms with E-state index in [-0.39, 0.29) is 0 Å². The van der Waals surface area contributed by atoms with Crippen LogP contribution in [-0.4, -0.2) is 13.7 Å². The SMILES string of the molecule is c1ccc(N(c2ccc(-c3ccc4ccccc4c3)cc2)c2ccc(-n3c4ccccc4c4c5oc6ccccc6c5ccc43)cc2)cc1.c1ccc(N(c2ccc(-c3ccc4ccccc4c3)cc2)c2ccc(-n3c4ccccc4c4c5sc6ccccc6c5ccc43)cc2)cc1.c1ccc(N(c2ccc(-c3ccc4ccccc4c3)cc2)c2cccc(-n3c4ccccc4c4c5oc6ccccc6c5ccc43)c2)cc1. The maximum Gasteiger partial charge on any atom is 0.145 e. The molecule has 0 aliphatic rings. The summed E-state index contributed by atoms with van der Waals surface area (Å²) in [4.78, 5) is 6.98. The van der Waals surface area contributed by atoms with Gasteiger partial charge in [-0.25, -0.2) is 0 Å². The highest BCUT2D eigenvalue weighted by atomic mass is 32.1. The summed E-state index contributed by atoms with van der Waals surface area (Å²) in [6, 6.07) is 196. The third-order valence-corrected chi connectivity index (χ3v) is 30.5. The van der Waals surface area contributed by atoms with Gasteiger partial charge in [-0.15, -0.1) is 11.3 Å². The normalized spacial score (nSPS) is 11.7. The summed E-state index contributed by atoms with van der Waals surface area (Å²) in [5.41, 5.74) is 31.2. The summed E-state index contributed by atoms with van der Waals surface area (Å²) in [5.74, 6) is 0. The van der Waals surface area contributed by atoms with Gasteiger partial charge in [0, 0.05) is 132 Å². The molecule has 0 saturated heterocycles. The average molecular weight is 1900 g/mol. The van der Waals surface area contributed by atoms with Crippen LogP contribution >= 0.6 is 11.3 Å². The third kappa shape index (κ3) is 15.1. The standard InChI is InChI=1S/2C46H30N2O.C46H30N2S/c1-2-13-35(14-3-1)47(36-25-23-32(24-26-36)34-22-21-31-11-4-5-12-33(31)29-34)37-15-10-16-38(30-37)48-42-19-8-6-18-41(42)45-43(48)28-27-40-39-17-7-9-20-44(39)49-46(40)45;2*1-2-12-35(13-3-1)47(36-22-20-32(21-23-36)34-19-18-31-10-4-5-11-33(31)30-34)37-24-26-38(27-25-37)48-42-16-8-6-15-41(42)45-43(48)29-28-40-39-14-7-9-17-44(39)49-46(40)45/h3*1-30H. The molecule has 30 rings (SSSR count). The minimum atomic E-state index is 0.911. The Labute approximate surface area is 851 Å². The molecule has 8 nitrogen and oxygen atoms in total. The molecular formula is C138H90N6O2S. The zero-order valence-electron chi connectivity index (χ0n) is 79.9. The lowest BCUT2D eigenvalue weighted by molar-refractivity contribution is 0.672. The van der Waals surface area contributed by atoms with E-state index in [1.165, 1.54) is 118 Å². The Morgan fingerprint density at radius 1 is 0.163 bits per heavy atom. The van der Waals surface area contributed by atoms with Crippen LogP contribution in [0.5, 0.6) is 0 Å². The molecule has 0 N–H and O–H groups in total. The molecule has 0 fully saturated rings. The van der Waals surface area contributed by atoms with E-state index in [0.29, 0.717) is 0 Å². The number of hydrogen-bond donors (Lipinski definition) is 0. The maximum absolute atomic E-state index is 6.54. The Hall–Kier alpha value is -19.3. The first-order valence-corrected chi connectivity index (χ1v) is 50.9. The summed E-state index contributed by atoms with van der Waals surface area (Å²) < 4.78 is 22.9. The fourth-order valence-electron chi connectivity index (χ4n) is 22.4. The lowest BCUT2D eigenvalue weighted by Gasteiger charge is -2.26. The van der Waals surface area contributed by atoms with Crippen molar-refractivity contribution in [3.8, 4) is 50.4 Å². The molecule has 6 aromatic heterocycles. The van der Waals surface area contributed by atoms with E-state index in [0.717, 1.165) is 145 Å². The van der Waals surface area contributed by atoms with E-state index in [2.05, 4.69) is 562 Å². The van der Waals surface area contributed by atoms with E-state index in [1.807, 2.05) is 23.5 Å². The zero-order valence-corrected chi connectivity index (χ0v) is 80.7. The first-order chi connectivity index (χ1) is 72.9. The van der Waals surface area contributed by atoms with Gasteiger partial charge in [-0.2, -0.15) is 0 Å². The van der Waals surface area contributed by atoms with Crippen LogP contribution in [-0.2, 0) is 0 Å². The predicted molar refractivity (Wildman–Crippen MR) is 623 cm³/mol. The molecule has 30 aromatic rings. The van der Waals surface area contributed by atoms with Crippen LogP contribution in [0.25, 0.3) is 212 Å². The van der Waals surface area contributed by atoms with Crippen LogP contribution in [0.2, 0.25) is 0 Å². The maximum atomic E-state index is 6.54. The van der Waals surface area contributed by atoms with E-state index < -0.39 is 0 Å². The Morgan fingerprint density at radius 3 is 0.864 bits per heavy atom. The highest BCUT2D eigenvalue weighted by molar-refractivity contribution is 7.26. The molecule has 0 amide bonds. The molecule has 0 bridgehead atoms. The van der Waals surface area contributed by atoms with E-state index in [9.17, 15) is 0 Å². The molecule has 147 heavy (non-hydrogen) atoms. The Morgan fingerprint density at radius 2 is 0.456 bits per heavy atom. The van der Waals surface area contributed by atoms with Gasteiger partial charge < -0.3 is 37.2 Å². The van der Waals surface area contributed by atoms with Crippen LogP contribution in [0.15, 0.2) is 555 Å². The molecule has 9 heteroatoms. The number of thiophene rings is 1. The summed E-state index contributed by atoms with van der Waals surface area (Å²) in [7, 11) is 0. The number of fused-ring (bicyclic) bond motifs is 24. The molecule has 24 aromatic carbocycles. The molecule has 0 saturated carbocycles. The second-order valence-corrected chi connectivity index (χ2v) is 38.8. The number of hydrogen-bond acceptors (Lipinski definition) is 6. The monoisotopic (exact) mass is 1890 g/mol. The average Bonchev–Trinajstić information content (AvgIpc) is 1.57. The van der Waals surface area contributed by atoms with Crippen LogP contribution in [0, 0.1) is 0 Å². The topological polar surface area (TPSA) is 50.8 Å². The fourth-order valence-corrected chi connectivity index (χ4v) is 23.7. The number of rotatable bonds is 15. The van der Waals surface area contributed by atoms with Crippen molar-refractivity contribution in [2.75, 3.05) is 14.7 Å². The number of nitrogens with zero attached hydrogens (tertiary/aromatic N) is 6. The molecular weight excluding hydrogens is 1810 g/mol. The fraction of sp³-hybridized carbons (Fsp3) is 0. The summed E-state index contributed by atoms with van der Waals surface area (Å²) >= 11 is 1.90. The molecule has 0 spiro atoms. The number of anilines is 9. The lowest BCUT2D eigenvalue weighted by atomic mass is 10.0. The molecule has 0 radical (unpaired) electrons. The van der Waals surface area contributed by atoms with Crippen molar-refractivity contribution in [2.45, 2.75) is 0 Å². The van der Waals surface area contributed by atoms with Gasteiger partial charge in [0.15, 0.2) is 0 Å². The van der Waals surface area contributed by atoms with Crippen LogP contribution in [0.1, 0.15) is 0 Å². The minimum absolute atomic E-state index is 0.911. The van der Waals surface area contributed by atoms with E-state index in [1.54, 1.807) is 0 Å². The minimum Gasteiger partial charge on any atom is -0.455 e. The largest absolute Gasteiger partial charge is 0.455 e. The highest BCUT2D eigenvalue weighted by Gasteiger charge is 2.26. The van der Waals surface area contributed by atoms with Crippen molar-refractivity contribution in [3.63, 3.8) is 0 Å². The van der Waals surface area contributed by atoms with Gasteiger partial charge in [-0.1, -0.05) is 322 Å². The number of para-hydroxylation sites is 8. The number of furan rings is 2. The van der Waals surface area contributed by atoms with Crippen LogP contribution < -0.4 is 14.7 Å². The van der Waals surface area contributed by atoms with Gasteiger partial charge in [0.1, 0.15) is 22.3 Å². The smallest absolute Gasteiger partial charge is 0.145 e. The number of aromatic nitrogens is 3. The lowest BCUT2D eigenvalue weighted by Crippen LogP contribution is -2.10. The first kappa shape index (κ1) is 85.6. The van der Waals surface area contributed by atoms with Crippen molar-refractivity contribution in [1.82, 2.24) is 13.7 Å². The highest BCUT2D eigenvalue weighted by Crippen LogP contribution is 2.50. The Bertz CT molecular complexity index is 9920. The quantitative estimate of drug-likeness (QED) is 0.102. The summed E-state index contributed by atoms with van der Waals surface area (Å²) in [6.45, 7) is 0. The van der Waals surface area contributed by atoms with Gasteiger partial charge in [0.05, 0.1) is 43.9 Å². The van der Waals surface area contributed by atoms with E-state index in [4.69, 9.17) is 8.83 Å². The molecule has 690 valence electrons. The Balaban J connectivity index is 0.000000107. The summed E-state index contributed by atoms with van der Waals surface area (Å²) in [5, 5.41) is 22.0. The molecule has 0 unspecified atom stereocenters.